The van der Waals surface area contributed by atoms with E-state index < -0.39 is 23.5 Å². The number of aliphatic hydroxyl groups is 1. The van der Waals surface area contributed by atoms with Crippen molar-refractivity contribution in [1.29, 1.82) is 0 Å². The zero-order valence-electron chi connectivity index (χ0n) is 19.6. The molecule has 0 aliphatic carbocycles. The average molecular weight is 494 g/mol. The van der Waals surface area contributed by atoms with Gasteiger partial charge in [0.25, 0.3) is 11.7 Å². The van der Waals surface area contributed by atoms with Crippen molar-refractivity contribution in [1.82, 2.24) is 0 Å². The van der Waals surface area contributed by atoms with Gasteiger partial charge in [0.05, 0.1) is 36.4 Å². The number of carbonyl (C=O) groups excluding carboxylic acids is 2. The van der Waals surface area contributed by atoms with E-state index in [1.54, 1.807) is 24.3 Å². The zero-order chi connectivity index (χ0) is 25.4. The first kappa shape index (κ1) is 24.2. The molecule has 0 bridgehead atoms. The van der Waals surface area contributed by atoms with E-state index >= 15 is 0 Å². The van der Waals surface area contributed by atoms with Crippen LogP contribution in [0.1, 0.15) is 28.3 Å². The lowest BCUT2D eigenvalue weighted by Gasteiger charge is -2.26. The van der Waals surface area contributed by atoms with Crippen molar-refractivity contribution in [2.45, 2.75) is 19.9 Å². The number of Topliss-reactive ketones (excluding diaryl/α,β-unsaturated/α-hetero) is 1. The van der Waals surface area contributed by atoms with Crippen LogP contribution in [0.3, 0.4) is 0 Å². The zero-order valence-corrected chi connectivity index (χ0v) is 20.4. The highest BCUT2D eigenvalue weighted by Crippen LogP contribution is 2.45. The molecule has 1 amide bonds. The number of halogens is 1. The Morgan fingerprint density at radius 2 is 1.69 bits per heavy atom. The van der Waals surface area contributed by atoms with E-state index in [0.717, 1.165) is 11.1 Å². The van der Waals surface area contributed by atoms with E-state index in [9.17, 15) is 19.8 Å². The van der Waals surface area contributed by atoms with E-state index in [0.29, 0.717) is 22.7 Å². The van der Waals surface area contributed by atoms with Gasteiger partial charge in [0, 0.05) is 5.69 Å². The summed E-state index contributed by atoms with van der Waals surface area (Å²) in [4.78, 5) is 28.1. The minimum atomic E-state index is -1.01. The second-order valence-corrected chi connectivity index (χ2v) is 8.62. The van der Waals surface area contributed by atoms with E-state index in [1.165, 1.54) is 37.3 Å². The number of hydrogen-bond donors (Lipinski definition) is 2. The number of rotatable bonds is 5. The first-order chi connectivity index (χ1) is 16.7. The first-order valence-electron chi connectivity index (χ1n) is 10.8. The standard InChI is InChI=1S/C27H24ClNO6/c1-14-5-7-17(11-15(14)2)29-24(16-6-9-21(30)20(28)12-16)23(26(32)27(29)33)25(31)19-13-18(34-3)8-10-22(19)35-4/h5-13,24,30-31H,1-4H3/b25-23+. The molecule has 1 fully saturated rings. The molecule has 8 heteroatoms. The maximum atomic E-state index is 13.4. The number of ether oxygens (including phenoxy) is 2. The molecule has 1 heterocycles. The summed E-state index contributed by atoms with van der Waals surface area (Å²) in [5, 5.41) is 21.4. The van der Waals surface area contributed by atoms with Crippen LogP contribution in [0.2, 0.25) is 5.02 Å². The van der Waals surface area contributed by atoms with Crippen molar-refractivity contribution in [2.75, 3.05) is 19.1 Å². The molecule has 1 unspecified atom stereocenters. The van der Waals surface area contributed by atoms with Crippen molar-refractivity contribution in [2.24, 2.45) is 0 Å². The number of nitrogens with zero attached hydrogens (tertiary/aromatic N) is 1. The molecule has 1 aliphatic rings. The van der Waals surface area contributed by atoms with Crippen LogP contribution in [0, 0.1) is 13.8 Å². The number of amides is 1. The maximum absolute atomic E-state index is 13.4. The lowest BCUT2D eigenvalue weighted by molar-refractivity contribution is -0.132. The Bertz CT molecular complexity index is 1380. The summed E-state index contributed by atoms with van der Waals surface area (Å²) in [7, 11) is 2.91. The van der Waals surface area contributed by atoms with Gasteiger partial charge in [-0.05, 0) is 73.0 Å². The van der Waals surface area contributed by atoms with Crippen LogP contribution in [0.4, 0.5) is 5.69 Å². The molecule has 180 valence electrons. The van der Waals surface area contributed by atoms with Crippen LogP contribution < -0.4 is 14.4 Å². The van der Waals surface area contributed by atoms with Gasteiger partial charge in [-0.15, -0.1) is 0 Å². The van der Waals surface area contributed by atoms with Crippen LogP contribution in [0.15, 0.2) is 60.2 Å². The molecule has 7 nitrogen and oxygen atoms in total. The van der Waals surface area contributed by atoms with Crippen LogP contribution in [0.25, 0.3) is 5.76 Å². The molecule has 0 radical (unpaired) electrons. The highest BCUT2D eigenvalue weighted by Gasteiger charge is 2.47. The predicted molar refractivity (Wildman–Crippen MR) is 133 cm³/mol. The van der Waals surface area contributed by atoms with Gasteiger partial charge in [-0.25, -0.2) is 0 Å². The lowest BCUT2D eigenvalue weighted by atomic mass is 9.94. The normalized spacial score (nSPS) is 17.1. The van der Waals surface area contributed by atoms with Gasteiger partial charge in [0.2, 0.25) is 0 Å². The number of aliphatic hydroxyl groups excluding tert-OH is 1. The van der Waals surface area contributed by atoms with E-state index in [2.05, 4.69) is 0 Å². The molecule has 3 aromatic carbocycles. The fourth-order valence-electron chi connectivity index (χ4n) is 4.13. The Labute approximate surface area is 207 Å². The lowest BCUT2D eigenvalue weighted by Crippen LogP contribution is -2.29. The quantitative estimate of drug-likeness (QED) is 0.284. The number of aromatic hydroxyl groups is 1. The minimum Gasteiger partial charge on any atom is -0.507 e. The fraction of sp³-hybridized carbons (Fsp3) is 0.185. The Kier molecular flexibility index (Phi) is 6.45. The van der Waals surface area contributed by atoms with Crippen LogP contribution >= 0.6 is 11.6 Å². The van der Waals surface area contributed by atoms with Crippen molar-refractivity contribution >= 4 is 34.7 Å². The SMILES string of the molecule is COc1ccc(OC)c(/C(O)=C2\C(=O)C(=O)N(c3ccc(C)c(C)c3)C2c2ccc(O)c(Cl)c2)c1. The number of phenolic OH excluding ortho intramolecular Hbond substituents is 1. The highest BCUT2D eigenvalue weighted by atomic mass is 35.5. The Morgan fingerprint density at radius 1 is 0.943 bits per heavy atom. The van der Waals surface area contributed by atoms with Gasteiger partial charge < -0.3 is 19.7 Å². The third-order valence-electron chi connectivity index (χ3n) is 6.16. The molecule has 2 N–H and O–H groups in total. The van der Waals surface area contributed by atoms with Gasteiger partial charge in [-0.3, -0.25) is 14.5 Å². The fourth-order valence-corrected chi connectivity index (χ4v) is 4.32. The average Bonchev–Trinajstić information content (AvgIpc) is 3.12. The number of carbonyl (C=O) groups is 2. The largest absolute Gasteiger partial charge is 0.507 e. The van der Waals surface area contributed by atoms with Crippen molar-refractivity contribution < 1.29 is 29.3 Å². The smallest absolute Gasteiger partial charge is 0.300 e. The summed E-state index contributed by atoms with van der Waals surface area (Å²) >= 11 is 6.18. The summed E-state index contributed by atoms with van der Waals surface area (Å²) in [5.74, 6) is -1.50. The maximum Gasteiger partial charge on any atom is 0.300 e. The molecular formula is C27H24ClNO6. The number of methoxy groups -OCH3 is 2. The number of anilines is 1. The number of phenols is 1. The van der Waals surface area contributed by atoms with Gasteiger partial charge in [-0.2, -0.15) is 0 Å². The monoisotopic (exact) mass is 493 g/mol. The van der Waals surface area contributed by atoms with Gasteiger partial charge >= 0.3 is 0 Å². The second-order valence-electron chi connectivity index (χ2n) is 8.21. The molecule has 0 spiro atoms. The first-order valence-corrected chi connectivity index (χ1v) is 11.1. The van der Waals surface area contributed by atoms with E-state index in [1.807, 2.05) is 26.0 Å². The third-order valence-corrected chi connectivity index (χ3v) is 6.47. The van der Waals surface area contributed by atoms with Gasteiger partial charge in [-0.1, -0.05) is 23.7 Å². The Hall–Kier alpha value is -3.97. The highest BCUT2D eigenvalue weighted by molar-refractivity contribution is 6.51. The third kappa shape index (κ3) is 4.19. The molecule has 1 saturated heterocycles. The summed E-state index contributed by atoms with van der Waals surface area (Å²) in [6.07, 6.45) is 0. The van der Waals surface area contributed by atoms with Crippen molar-refractivity contribution in [3.8, 4) is 17.2 Å². The molecule has 0 aromatic heterocycles. The molecular weight excluding hydrogens is 470 g/mol. The topological polar surface area (TPSA) is 96.3 Å². The molecule has 0 saturated carbocycles. The Morgan fingerprint density at radius 3 is 2.31 bits per heavy atom. The van der Waals surface area contributed by atoms with E-state index in [-0.39, 0.29) is 21.9 Å². The number of aryl methyl sites for hydroxylation is 2. The molecule has 35 heavy (non-hydrogen) atoms. The molecule has 1 aliphatic heterocycles. The minimum absolute atomic E-state index is 0.0483. The Balaban J connectivity index is 2.01. The summed E-state index contributed by atoms with van der Waals surface area (Å²) in [6, 6.07) is 13.6. The van der Waals surface area contributed by atoms with Gasteiger partial charge in [0.1, 0.15) is 23.0 Å². The molecule has 1 atom stereocenters. The summed E-state index contributed by atoms with van der Waals surface area (Å²) < 4.78 is 10.7. The van der Waals surface area contributed by atoms with Crippen molar-refractivity contribution in [3.05, 3.63) is 87.4 Å². The predicted octanol–water partition coefficient (Wildman–Crippen LogP) is 5.31. The number of benzene rings is 3. The molecule has 4 rings (SSSR count). The number of hydrogen-bond acceptors (Lipinski definition) is 6. The van der Waals surface area contributed by atoms with Crippen LogP contribution in [0.5, 0.6) is 17.2 Å². The van der Waals surface area contributed by atoms with Crippen molar-refractivity contribution in [3.63, 3.8) is 0 Å². The summed E-state index contributed by atoms with van der Waals surface area (Å²) in [5.41, 5.74) is 2.94. The van der Waals surface area contributed by atoms with Gasteiger partial charge in [0.15, 0.2) is 0 Å². The summed E-state index contributed by atoms with van der Waals surface area (Å²) in [6.45, 7) is 3.85. The van der Waals surface area contributed by atoms with Crippen LogP contribution in [-0.2, 0) is 9.59 Å². The van der Waals surface area contributed by atoms with Crippen LogP contribution in [-0.4, -0.2) is 36.1 Å². The second kappa shape index (κ2) is 9.35. The number of ketones is 1. The molecule has 3 aromatic rings. The van der Waals surface area contributed by atoms with E-state index in [4.69, 9.17) is 21.1 Å².